The van der Waals surface area contributed by atoms with Crippen LogP contribution in [0.3, 0.4) is 0 Å². The summed E-state index contributed by atoms with van der Waals surface area (Å²) in [5, 5.41) is 46.3. The van der Waals surface area contributed by atoms with E-state index in [0.29, 0.717) is 18.7 Å². The smallest absolute Gasteiger partial charge is 0.311 e. The molecule has 0 aromatic carbocycles. The van der Waals surface area contributed by atoms with Gasteiger partial charge >= 0.3 is 5.97 Å². The van der Waals surface area contributed by atoms with Gasteiger partial charge in [-0.1, -0.05) is 20.8 Å². The quantitative estimate of drug-likeness (QED) is 0.281. The second-order valence-electron chi connectivity index (χ2n) is 16.5. The molecule has 0 aromatic heterocycles. The number of rotatable bonds is 7. The van der Waals surface area contributed by atoms with Gasteiger partial charge in [0.1, 0.15) is 24.4 Å². The van der Waals surface area contributed by atoms with E-state index in [4.69, 9.17) is 38.2 Å². The third kappa shape index (κ3) is 8.60. The Bertz CT molecular complexity index is 1220. The van der Waals surface area contributed by atoms with Crippen molar-refractivity contribution in [2.75, 3.05) is 21.2 Å². The zero-order valence-electron chi connectivity index (χ0n) is 32.9. The highest BCUT2D eigenvalue weighted by atomic mass is 16.7. The molecule has 0 saturated carbocycles. The van der Waals surface area contributed by atoms with Crippen LogP contribution in [0.4, 0.5) is 0 Å². The number of ether oxygens (including phenoxy) is 7. The van der Waals surface area contributed by atoms with E-state index in [0.717, 1.165) is 0 Å². The van der Waals surface area contributed by atoms with Gasteiger partial charge in [-0.3, -0.25) is 9.79 Å². The zero-order chi connectivity index (χ0) is 38.4. The predicted molar refractivity (Wildman–Crippen MR) is 188 cm³/mol. The van der Waals surface area contributed by atoms with Crippen LogP contribution >= 0.6 is 0 Å². The highest BCUT2D eigenvalue weighted by Gasteiger charge is 2.56. The third-order valence-corrected chi connectivity index (χ3v) is 11.9. The molecule has 2 unspecified atom stereocenters. The van der Waals surface area contributed by atoms with Crippen molar-refractivity contribution in [3.8, 4) is 0 Å². The second kappa shape index (κ2) is 16.1. The average Bonchev–Trinajstić information content (AvgIpc) is 3.26. The highest BCUT2D eigenvalue weighted by molar-refractivity contribution is 5.82. The largest absolute Gasteiger partial charge is 0.468 e. The minimum atomic E-state index is -1.62. The number of methoxy groups -OCH3 is 1. The van der Waals surface area contributed by atoms with Crippen LogP contribution in [-0.4, -0.2) is 149 Å². The van der Waals surface area contributed by atoms with Gasteiger partial charge in [-0.2, -0.15) is 0 Å². The molecule has 0 spiro atoms. The molecule has 0 aromatic rings. The van der Waals surface area contributed by atoms with E-state index in [-0.39, 0.29) is 25.0 Å². The number of cyclic esters (lactones) is 1. The minimum absolute atomic E-state index is 0.0948. The Morgan fingerprint density at radius 1 is 0.941 bits per heavy atom. The lowest BCUT2D eigenvalue weighted by Crippen LogP contribution is -2.60. The van der Waals surface area contributed by atoms with Crippen molar-refractivity contribution in [2.45, 2.75) is 185 Å². The maximum Gasteiger partial charge on any atom is 0.311 e. The summed E-state index contributed by atoms with van der Waals surface area (Å²) in [6, 6.07) is -0.767. The first kappa shape index (κ1) is 42.3. The first-order valence-corrected chi connectivity index (χ1v) is 18.7. The van der Waals surface area contributed by atoms with E-state index in [1.807, 2.05) is 53.6 Å². The zero-order valence-corrected chi connectivity index (χ0v) is 32.9. The number of aliphatic imine (C=N–C) groups is 1. The molecule has 0 aliphatic carbocycles. The van der Waals surface area contributed by atoms with E-state index in [1.54, 1.807) is 34.6 Å². The number of carbonyl (C=O) groups is 1. The molecular weight excluding hydrogens is 664 g/mol. The molecule has 4 N–H and O–H groups in total. The molecule has 3 saturated heterocycles. The summed E-state index contributed by atoms with van der Waals surface area (Å²) in [5.41, 5.74) is -3.90. The summed E-state index contributed by atoms with van der Waals surface area (Å²) in [4.78, 5) is 21.0. The Labute approximate surface area is 304 Å². The van der Waals surface area contributed by atoms with Crippen molar-refractivity contribution in [1.29, 1.82) is 0 Å². The molecule has 4 aliphatic heterocycles. The van der Waals surface area contributed by atoms with Gasteiger partial charge in [0.25, 0.3) is 0 Å². The van der Waals surface area contributed by atoms with E-state index in [9.17, 15) is 25.2 Å². The molecule has 18 atom stereocenters. The molecule has 4 rings (SSSR count). The molecule has 4 heterocycles. The van der Waals surface area contributed by atoms with Crippen molar-refractivity contribution in [3.05, 3.63) is 0 Å². The molecule has 2 bridgehead atoms. The summed E-state index contributed by atoms with van der Waals surface area (Å²) >= 11 is 0. The first-order chi connectivity index (χ1) is 23.6. The Hall–Kier alpha value is -1.46. The van der Waals surface area contributed by atoms with E-state index in [1.165, 1.54) is 7.11 Å². The number of nitrogens with zero attached hydrogens (tertiary/aromatic N) is 2. The van der Waals surface area contributed by atoms with Crippen molar-refractivity contribution in [2.24, 2.45) is 22.7 Å². The number of likely N-dealkylation sites (N-methyl/N-ethyl adjacent to an activating group) is 1. The van der Waals surface area contributed by atoms with Crippen molar-refractivity contribution >= 4 is 11.9 Å². The molecule has 14 heteroatoms. The lowest BCUT2D eigenvalue weighted by molar-refractivity contribution is -0.317. The number of hydrogen-bond donors (Lipinski definition) is 4. The number of hydrogen-bond acceptors (Lipinski definition) is 14. The van der Waals surface area contributed by atoms with Crippen LogP contribution in [0.1, 0.15) is 94.9 Å². The standard InChI is InChI=1S/C37H66N2O12/c1-14-25-37(10)29(41)22(6)32(51-37)38-18(2)16-35(8,44)31(50-34-27(40)24(39(11)12)15-19(3)46-34)20(4)28(21(5)33(43)48-25)49-26-17-36(9,45-13)30(42)23(7)47-26/h18-31,34,40-42,44H,14-17H2,1-13H3/t18-,19-,20+,21-,22-,23+,24+,25-,26+,27-,28+,29-,30+,31-,34+,35?,36-,37?/m1/s1. The lowest BCUT2D eigenvalue weighted by atomic mass is 9.78. The van der Waals surface area contributed by atoms with Crippen LogP contribution in [0.5, 0.6) is 0 Å². The summed E-state index contributed by atoms with van der Waals surface area (Å²) in [7, 11) is 5.28. The lowest BCUT2D eigenvalue weighted by Gasteiger charge is -2.48. The van der Waals surface area contributed by atoms with E-state index < -0.39 is 102 Å². The predicted octanol–water partition coefficient (Wildman–Crippen LogP) is 2.41. The fourth-order valence-electron chi connectivity index (χ4n) is 8.65. The van der Waals surface area contributed by atoms with E-state index >= 15 is 0 Å². The molecule has 0 amide bonds. The highest BCUT2D eigenvalue weighted by Crippen LogP contribution is 2.42. The molecule has 0 radical (unpaired) electrons. The summed E-state index contributed by atoms with van der Waals surface area (Å²) < 4.78 is 44.0. The Kier molecular flexibility index (Phi) is 13.4. The van der Waals surface area contributed by atoms with Gasteiger partial charge in [0.15, 0.2) is 24.1 Å². The number of fused-ring (bicyclic) bond motifs is 2. The monoisotopic (exact) mass is 730 g/mol. The van der Waals surface area contributed by atoms with Gasteiger partial charge < -0.3 is 58.5 Å². The first-order valence-electron chi connectivity index (χ1n) is 18.7. The Balaban J connectivity index is 1.82. The van der Waals surface area contributed by atoms with Crippen molar-refractivity contribution in [1.82, 2.24) is 4.90 Å². The minimum Gasteiger partial charge on any atom is -0.468 e. The number of aliphatic hydroxyl groups excluding tert-OH is 3. The van der Waals surface area contributed by atoms with Gasteiger partial charge in [-0.15, -0.1) is 0 Å². The third-order valence-electron chi connectivity index (χ3n) is 11.9. The fraction of sp³-hybridized carbons (Fsp3) is 0.946. The van der Waals surface area contributed by atoms with Crippen LogP contribution < -0.4 is 0 Å². The van der Waals surface area contributed by atoms with Crippen LogP contribution in [0.25, 0.3) is 0 Å². The second-order valence-corrected chi connectivity index (χ2v) is 16.5. The van der Waals surface area contributed by atoms with Gasteiger partial charge in [-0.25, -0.2) is 0 Å². The van der Waals surface area contributed by atoms with Gasteiger partial charge in [0.05, 0.1) is 53.5 Å². The van der Waals surface area contributed by atoms with Crippen LogP contribution in [0.2, 0.25) is 0 Å². The molecule has 4 aliphatic rings. The van der Waals surface area contributed by atoms with Crippen molar-refractivity contribution in [3.63, 3.8) is 0 Å². The topological polar surface area (TPSA) is 178 Å². The van der Waals surface area contributed by atoms with Gasteiger partial charge in [0, 0.05) is 31.9 Å². The summed E-state index contributed by atoms with van der Waals surface area (Å²) in [6.07, 6.45) is -7.63. The summed E-state index contributed by atoms with van der Waals surface area (Å²) in [6.45, 7) is 17.8. The number of esters is 1. The molecule has 14 nitrogen and oxygen atoms in total. The van der Waals surface area contributed by atoms with Crippen LogP contribution in [0.15, 0.2) is 4.99 Å². The van der Waals surface area contributed by atoms with Gasteiger partial charge in [0.2, 0.25) is 0 Å². The molecular formula is C37H66N2O12. The van der Waals surface area contributed by atoms with Crippen LogP contribution in [0, 0.1) is 17.8 Å². The van der Waals surface area contributed by atoms with Crippen molar-refractivity contribution < 1.29 is 58.4 Å². The normalized spacial score (nSPS) is 50.3. The van der Waals surface area contributed by atoms with E-state index in [2.05, 4.69) is 0 Å². The fourth-order valence-corrected chi connectivity index (χ4v) is 8.65. The number of aliphatic hydroxyl groups is 4. The Morgan fingerprint density at radius 2 is 1.59 bits per heavy atom. The Morgan fingerprint density at radius 3 is 2.18 bits per heavy atom. The molecule has 296 valence electrons. The maximum absolute atomic E-state index is 14.2. The molecule has 51 heavy (non-hydrogen) atoms. The van der Waals surface area contributed by atoms with Crippen LogP contribution in [-0.2, 0) is 38.0 Å². The molecule has 3 fully saturated rings. The SMILES string of the molecule is CC[C@H]1OC(=O)[C@H](C)[C@@H](O[C@H]2C[C@@](C)(OC)[C@@H](O)[C@H](C)O2)[C@H](C)[C@@H](O[C@@H]2O[C@H](C)C[C@H](N(C)C)[C@H]2O)C(C)(O)C[C@@H](C)N=C2OC1(C)[C@H](O)[C@H]2C. The number of carbonyl (C=O) groups excluding carboxylic acids is 1. The average molecular weight is 731 g/mol. The maximum atomic E-state index is 14.2. The summed E-state index contributed by atoms with van der Waals surface area (Å²) in [5.74, 6) is -2.46. The van der Waals surface area contributed by atoms with Gasteiger partial charge in [-0.05, 0) is 75.4 Å².